The van der Waals surface area contributed by atoms with E-state index in [1.807, 2.05) is 32.2 Å². The number of rotatable bonds is 5. The predicted octanol–water partition coefficient (Wildman–Crippen LogP) is 3.89. The molecule has 1 aliphatic rings. The monoisotopic (exact) mass is 403 g/mol. The number of aryl methyl sites for hydroxylation is 2. The van der Waals surface area contributed by atoms with Crippen LogP contribution in [0.4, 0.5) is 5.69 Å². The van der Waals surface area contributed by atoms with Crippen LogP contribution >= 0.6 is 0 Å². The highest BCUT2D eigenvalue weighted by Crippen LogP contribution is 2.23. The standard InChI is InChI=1S/C25H29N3O2/c1-18-22-6-4-5-7-24(22)26-19(2)23(18)16-25(29)27(3)17-20-8-10-21(11-9-20)28-12-14-30-15-13-28/h4-11H,12-17H2,1-3H3. The van der Waals surface area contributed by atoms with Crippen LogP contribution in [-0.4, -0.2) is 49.1 Å². The minimum Gasteiger partial charge on any atom is -0.378 e. The van der Waals surface area contributed by atoms with Crippen LogP contribution < -0.4 is 4.90 Å². The van der Waals surface area contributed by atoms with Gasteiger partial charge in [0.15, 0.2) is 0 Å². The zero-order valence-electron chi connectivity index (χ0n) is 18.0. The number of aromatic nitrogens is 1. The summed E-state index contributed by atoms with van der Waals surface area (Å²) >= 11 is 0. The summed E-state index contributed by atoms with van der Waals surface area (Å²) in [6.07, 6.45) is 0.373. The molecule has 0 spiro atoms. The lowest BCUT2D eigenvalue weighted by Gasteiger charge is -2.29. The Hall–Kier alpha value is -2.92. The Morgan fingerprint density at radius 2 is 1.77 bits per heavy atom. The van der Waals surface area contributed by atoms with E-state index in [2.05, 4.69) is 42.2 Å². The molecule has 1 aliphatic heterocycles. The first-order valence-electron chi connectivity index (χ1n) is 10.5. The summed E-state index contributed by atoms with van der Waals surface area (Å²) in [5.41, 5.74) is 6.45. The number of fused-ring (bicyclic) bond motifs is 1. The second-order valence-corrected chi connectivity index (χ2v) is 8.01. The predicted molar refractivity (Wildman–Crippen MR) is 121 cm³/mol. The van der Waals surface area contributed by atoms with Gasteiger partial charge in [0.2, 0.25) is 5.91 Å². The number of nitrogens with zero attached hydrogens (tertiary/aromatic N) is 3. The van der Waals surface area contributed by atoms with Crippen molar-refractivity contribution in [2.75, 3.05) is 38.3 Å². The highest BCUT2D eigenvalue weighted by molar-refractivity contribution is 5.86. The molecule has 0 N–H and O–H groups in total. The quantitative estimate of drug-likeness (QED) is 0.648. The zero-order valence-corrected chi connectivity index (χ0v) is 18.0. The van der Waals surface area contributed by atoms with Crippen LogP contribution in [0.25, 0.3) is 10.9 Å². The molecule has 1 fully saturated rings. The van der Waals surface area contributed by atoms with E-state index in [-0.39, 0.29) is 5.91 Å². The first-order chi connectivity index (χ1) is 14.5. The average Bonchev–Trinajstić information content (AvgIpc) is 2.77. The molecule has 1 amide bonds. The van der Waals surface area contributed by atoms with Crippen LogP contribution in [0.2, 0.25) is 0 Å². The van der Waals surface area contributed by atoms with E-state index >= 15 is 0 Å². The van der Waals surface area contributed by atoms with Gasteiger partial charge in [-0.15, -0.1) is 0 Å². The topological polar surface area (TPSA) is 45.7 Å². The van der Waals surface area contributed by atoms with Gasteiger partial charge in [0, 0.05) is 43.4 Å². The molecule has 2 aromatic carbocycles. The van der Waals surface area contributed by atoms with E-state index in [0.717, 1.165) is 59.6 Å². The third-order valence-electron chi connectivity index (χ3n) is 5.97. The van der Waals surface area contributed by atoms with Crippen molar-refractivity contribution in [3.8, 4) is 0 Å². The number of carbonyl (C=O) groups excluding carboxylic acids is 1. The summed E-state index contributed by atoms with van der Waals surface area (Å²) < 4.78 is 5.42. The van der Waals surface area contributed by atoms with E-state index in [1.54, 1.807) is 4.90 Å². The van der Waals surface area contributed by atoms with Crippen LogP contribution in [0.5, 0.6) is 0 Å². The highest BCUT2D eigenvalue weighted by Gasteiger charge is 2.16. The number of carbonyl (C=O) groups is 1. The molecule has 0 atom stereocenters. The Balaban J connectivity index is 1.43. The summed E-state index contributed by atoms with van der Waals surface area (Å²) in [6.45, 7) is 8.09. The average molecular weight is 404 g/mol. The lowest BCUT2D eigenvalue weighted by atomic mass is 9.99. The van der Waals surface area contributed by atoms with Crippen LogP contribution in [0.3, 0.4) is 0 Å². The fourth-order valence-electron chi connectivity index (χ4n) is 4.11. The van der Waals surface area contributed by atoms with Crippen LogP contribution in [0, 0.1) is 13.8 Å². The van der Waals surface area contributed by atoms with Gasteiger partial charge in [-0.25, -0.2) is 0 Å². The van der Waals surface area contributed by atoms with Gasteiger partial charge in [-0.1, -0.05) is 30.3 Å². The number of para-hydroxylation sites is 1. The number of hydrogen-bond donors (Lipinski definition) is 0. The largest absolute Gasteiger partial charge is 0.378 e. The van der Waals surface area contributed by atoms with E-state index in [0.29, 0.717) is 13.0 Å². The van der Waals surface area contributed by atoms with E-state index in [4.69, 9.17) is 9.72 Å². The maximum absolute atomic E-state index is 12.9. The third kappa shape index (κ3) is 4.31. The molecular weight excluding hydrogens is 374 g/mol. The molecule has 5 nitrogen and oxygen atoms in total. The third-order valence-corrected chi connectivity index (χ3v) is 5.97. The second kappa shape index (κ2) is 8.84. The lowest BCUT2D eigenvalue weighted by Crippen LogP contribution is -2.36. The van der Waals surface area contributed by atoms with Crippen molar-refractivity contribution in [1.82, 2.24) is 9.88 Å². The van der Waals surface area contributed by atoms with Gasteiger partial charge in [0.05, 0.1) is 25.2 Å². The first kappa shape index (κ1) is 20.4. The van der Waals surface area contributed by atoms with Crippen molar-refractivity contribution in [2.24, 2.45) is 0 Å². The molecule has 5 heteroatoms. The van der Waals surface area contributed by atoms with Crippen molar-refractivity contribution in [3.63, 3.8) is 0 Å². The van der Waals surface area contributed by atoms with Gasteiger partial charge in [-0.05, 0) is 48.7 Å². The normalized spacial score (nSPS) is 14.2. The Kier molecular flexibility index (Phi) is 6.00. The Morgan fingerprint density at radius 1 is 1.07 bits per heavy atom. The van der Waals surface area contributed by atoms with E-state index in [9.17, 15) is 4.79 Å². The summed E-state index contributed by atoms with van der Waals surface area (Å²) in [5, 5.41) is 1.12. The number of benzene rings is 2. The minimum absolute atomic E-state index is 0.107. The number of ether oxygens (including phenoxy) is 1. The molecule has 4 rings (SSSR count). The van der Waals surface area contributed by atoms with Crippen molar-refractivity contribution in [1.29, 1.82) is 0 Å². The molecule has 2 heterocycles. The van der Waals surface area contributed by atoms with Gasteiger partial charge in [-0.2, -0.15) is 0 Å². The number of hydrogen-bond acceptors (Lipinski definition) is 4. The molecule has 1 saturated heterocycles. The maximum Gasteiger partial charge on any atom is 0.227 e. The number of likely N-dealkylation sites (N-methyl/N-ethyl adjacent to an activating group) is 1. The maximum atomic E-state index is 12.9. The zero-order chi connectivity index (χ0) is 21.1. The summed E-state index contributed by atoms with van der Waals surface area (Å²) in [5.74, 6) is 0.107. The summed E-state index contributed by atoms with van der Waals surface area (Å²) in [4.78, 5) is 21.8. The van der Waals surface area contributed by atoms with E-state index < -0.39 is 0 Å². The van der Waals surface area contributed by atoms with Gasteiger partial charge in [0.1, 0.15) is 0 Å². The van der Waals surface area contributed by atoms with Crippen LogP contribution in [0.1, 0.15) is 22.4 Å². The van der Waals surface area contributed by atoms with Crippen molar-refractivity contribution >= 4 is 22.5 Å². The van der Waals surface area contributed by atoms with Crippen LogP contribution in [-0.2, 0) is 22.5 Å². The number of pyridine rings is 1. The molecule has 3 aromatic rings. The molecule has 0 unspecified atom stereocenters. The number of morpholine rings is 1. The molecule has 0 bridgehead atoms. The van der Waals surface area contributed by atoms with E-state index in [1.165, 1.54) is 5.69 Å². The molecule has 0 saturated carbocycles. The Morgan fingerprint density at radius 3 is 2.50 bits per heavy atom. The fraction of sp³-hybridized carbons (Fsp3) is 0.360. The van der Waals surface area contributed by atoms with Gasteiger partial charge < -0.3 is 14.5 Å². The SMILES string of the molecule is Cc1nc2ccccc2c(C)c1CC(=O)N(C)Cc1ccc(N2CCOCC2)cc1. The lowest BCUT2D eigenvalue weighted by molar-refractivity contribution is -0.129. The number of amides is 1. The smallest absolute Gasteiger partial charge is 0.227 e. The van der Waals surface area contributed by atoms with Crippen molar-refractivity contribution in [2.45, 2.75) is 26.8 Å². The van der Waals surface area contributed by atoms with Gasteiger partial charge >= 0.3 is 0 Å². The van der Waals surface area contributed by atoms with Crippen molar-refractivity contribution < 1.29 is 9.53 Å². The summed E-state index contributed by atoms with van der Waals surface area (Å²) in [6, 6.07) is 16.6. The molecule has 30 heavy (non-hydrogen) atoms. The fourth-order valence-corrected chi connectivity index (χ4v) is 4.11. The van der Waals surface area contributed by atoms with Gasteiger partial charge in [-0.3, -0.25) is 9.78 Å². The molecule has 0 radical (unpaired) electrons. The molecular formula is C25H29N3O2. The Labute approximate surface area is 178 Å². The van der Waals surface area contributed by atoms with Crippen molar-refractivity contribution in [3.05, 3.63) is 70.9 Å². The highest BCUT2D eigenvalue weighted by atomic mass is 16.5. The Bertz CT molecular complexity index is 1040. The van der Waals surface area contributed by atoms with Gasteiger partial charge in [0.25, 0.3) is 0 Å². The summed E-state index contributed by atoms with van der Waals surface area (Å²) in [7, 11) is 1.87. The second-order valence-electron chi connectivity index (χ2n) is 8.01. The molecule has 156 valence electrons. The molecule has 1 aromatic heterocycles. The number of anilines is 1. The molecule has 0 aliphatic carbocycles. The first-order valence-corrected chi connectivity index (χ1v) is 10.5. The minimum atomic E-state index is 0.107. The van der Waals surface area contributed by atoms with Crippen LogP contribution in [0.15, 0.2) is 48.5 Å².